The topological polar surface area (TPSA) is 87.1 Å². The van der Waals surface area contributed by atoms with Crippen LogP contribution in [0, 0.1) is 12.7 Å². The standard InChI is InChI=1S/C28H26FNO5/c1-3-14-35-23-13-8-20(15-17(23)2)26(32)24-25(19-6-11-22(31)12-7-19)30(28(34)27(24)33)16-18-4-9-21(29)10-5-18/h4-13,15,25,31-32H,3,14,16H2,1-2H3/b26-24-. The van der Waals surface area contributed by atoms with Crippen LogP contribution in [0.3, 0.4) is 0 Å². The number of aryl methyl sites for hydroxylation is 1. The predicted molar refractivity (Wildman–Crippen MR) is 129 cm³/mol. The molecule has 0 saturated carbocycles. The molecule has 6 nitrogen and oxygen atoms in total. The van der Waals surface area contributed by atoms with Crippen molar-refractivity contribution in [3.8, 4) is 11.5 Å². The van der Waals surface area contributed by atoms with Gasteiger partial charge in [-0.15, -0.1) is 0 Å². The fraction of sp³-hybridized carbons (Fsp3) is 0.214. The Kier molecular flexibility index (Phi) is 6.87. The van der Waals surface area contributed by atoms with E-state index in [1.807, 2.05) is 13.8 Å². The quantitative estimate of drug-likeness (QED) is 0.277. The van der Waals surface area contributed by atoms with Crippen molar-refractivity contribution in [1.29, 1.82) is 0 Å². The summed E-state index contributed by atoms with van der Waals surface area (Å²) < 4.78 is 19.1. The Morgan fingerprint density at radius 1 is 1.03 bits per heavy atom. The number of nitrogens with zero attached hydrogens (tertiary/aromatic N) is 1. The Labute approximate surface area is 202 Å². The number of aliphatic hydroxyl groups is 1. The third-order valence-electron chi connectivity index (χ3n) is 5.93. The van der Waals surface area contributed by atoms with E-state index >= 15 is 0 Å². The van der Waals surface area contributed by atoms with Crippen LogP contribution < -0.4 is 4.74 Å². The first kappa shape index (κ1) is 24.0. The molecule has 1 saturated heterocycles. The van der Waals surface area contributed by atoms with Crippen molar-refractivity contribution in [2.45, 2.75) is 32.9 Å². The summed E-state index contributed by atoms with van der Waals surface area (Å²) >= 11 is 0. The van der Waals surface area contributed by atoms with Gasteiger partial charge >= 0.3 is 0 Å². The number of halogens is 1. The number of aliphatic hydroxyl groups excluding tert-OH is 1. The lowest BCUT2D eigenvalue weighted by Gasteiger charge is -2.25. The van der Waals surface area contributed by atoms with Gasteiger partial charge in [0.05, 0.1) is 18.2 Å². The summed E-state index contributed by atoms with van der Waals surface area (Å²) in [5, 5.41) is 21.0. The first-order valence-electron chi connectivity index (χ1n) is 11.4. The zero-order valence-corrected chi connectivity index (χ0v) is 19.5. The van der Waals surface area contributed by atoms with Gasteiger partial charge in [0.25, 0.3) is 11.7 Å². The zero-order valence-electron chi connectivity index (χ0n) is 19.5. The third-order valence-corrected chi connectivity index (χ3v) is 5.93. The largest absolute Gasteiger partial charge is 0.508 e. The van der Waals surface area contributed by atoms with Crippen molar-refractivity contribution >= 4 is 17.4 Å². The van der Waals surface area contributed by atoms with Crippen LogP contribution in [0.25, 0.3) is 5.76 Å². The second-order valence-electron chi connectivity index (χ2n) is 8.47. The van der Waals surface area contributed by atoms with E-state index in [1.165, 1.54) is 29.2 Å². The average Bonchev–Trinajstić information content (AvgIpc) is 3.09. The van der Waals surface area contributed by atoms with E-state index < -0.39 is 23.5 Å². The SMILES string of the molecule is CCCOc1ccc(/C(O)=C2/C(=O)C(=O)N(Cc3ccc(F)cc3)C2c2ccc(O)cc2)cc1C. The molecule has 2 N–H and O–H groups in total. The van der Waals surface area contributed by atoms with E-state index in [9.17, 15) is 24.2 Å². The van der Waals surface area contributed by atoms with E-state index in [0.29, 0.717) is 29.0 Å². The molecule has 1 amide bonds. The number of ketones is 1. The molecule has 1 aliphatic heterocycles. The molecule has 1 atom stereocenters. The van der Waals surface area contributed by atoms with Crippen LogP contribution in [-0.2, 0) is 16.1 Å². The molecule has 3 aromatic rings. The van der Waals surface area contributed by atoms with Crippen molar-refractivity contribution in [2.75, 3.05) is 6.61 Å². The van der Waals surface area contributed by atoms with Gasteiger partial charge in [0.15, 0.2) is 0 Å². The van der Waals surface area contributed by atoms with E-state index in [-0.39, 0.29) is 23.6 Å². The highest BCUT2D eigenvalue weighted by atomic mass is 19.1. The Morgan fingerprint density at radius 3 is 2.34 bits per heavy atom. The number of ether oxygens (including phenoxy) is 1. The Bertz CT molecular complexity index is 1280. The summed E-state index contributed by atoms with van der Waals surface area (Å²) in [5.74, 6) is -1.58. The molecule has 0 radical (unpaired) electrons. The number of phenols is 1. The smallest absolute Gasteiger partial charge is 0.295 e. The summed E-state index contributed by atoms with van der Waals surface area (Å²) in [6.07, 6.45) is 0.852. The number of carbonyl (C=O) groups is 2. The second kappa shape index (κ2) is 10.0. The number of amides is 1. The number of likely N-dealkylation sites (tertiary alicyclic amines) is 1. The molecule has 1 fully saturated rings. The predicted octanol–water partition coefficient (Wildman–Crippen LogP) is 5.25. The molecule has 7 heteroatoms. The lowest BCUT2D eigenvalue weighted by atomic mass is 9.94. The van der Waals surface area contributed by atoms with Crippen LogP contribution in [0.15, 0.2) is 72.3 Å². The highest BCUT2D eigenvalue weighted by Gasteiger charge is 2.46. The number of aromatic hydroxyl groups is 1. The number of hydrogen-bond acceptors (Lipinski definition) is 5. The Balaban J connectivity index is 1.80. The van der Waals surface area contributed by atoms with Gasteiger partial charge in [0.2, 0.25) is 0 Å². The number of rotatable bonds is 7. The summed E-state index contributed by atoms with van der Waals surface area (Å²) in [6.45, 7) is 4.44. The van der Waals surface area contributed by atoms with Crippen LogP contribution in [0.4, 0.5) is 4.39 Å². The first-order valence-corrected chi connectivity index (χ1v) is 11.4. The molecule has 0 aromatic heterocycles. The van der Waals surface area contributed by atoms with Crippen molar-refractivity contribution in [3.63, 3.8) is 0 Å². The summed E-state index contributed by atoms with van der Waals surface area (Å²) in [6, 6.07) is 16.0. The van der Waals surface area contributed by atoms with Crippen LogP contribution in [0.2, 0.25) is 0 Å². The normalized spacial score (nSPS) is 17.1. The Morgan fingerprint density at radius 2 is 1.71 bits per heavy atom. The maximum absolute atomic E-state index is 13.4. The summed E-state index contributed by atoms with van der Waals surface area (Å²) in [4.78, 5) is 27.6. The summed E-state index contributed by atoms with van der Waals surface area (Å²) in [7, 11) is 0. The lowest BCUT2D eigenvalue weighted by Crippen LogP contribution is -2.29. The maximum atomic E-state index is 13.4. The fourth-order valence-corrected chi connectivity index (χ4v) is 4.16. The van der Waals surface area contributed by atoms with Gasteiger partial charge in [0, 0.05) is 12.1 Å². The third kappa shape index (κ3) is 4.89. The number of benzene rings is 3. The molecule has 35 heavy (non-hydrogen) atoms. The molecule has 1 heterocycles. The monoisotopic (exact) mass is 475 g/mol. The summed E-state index contributed by atoms with van der Waals surface area (Å²) in [5.41, 5.74) is 2.29. The highest BCUT2D eigenvalue weighted by Crippen LogP contribution is 2.41. The molecular formula is C28H26FNO5. The van der Waals surface area contributed by atoms with Gasteiger partial charge in [-0.1, -0.05) is 31.2 Å². The molecule has 3 aromatic carbocycles. The van der Waals surface area contributed by atoms with Crippen molar-refractivity contribution in [2.24, 2.45) is 0 Å². The van der Waals surface area contributed by atoms with Crippen LogP contribution in [-0.4, -0.2) is 33.4 Å². The van der Waals surface area contributed by atoms with E-state index in [0.717, 1.165) is 12.0 Å². The number of phenolic OH excluding ortho intramolecular Hbond substituents is 1. The van der Waals surface area contributed by atoms with Gasteiger partial charge in [0.1, 0.15) is 23.1 Å². The first-order chi connectivity index (χ1) is 16.8. The lowest BCUT2D eigenvalue weighted by molar-refractivity contribution is -0.140. The van der Waals surface area contributed by atoms with Gasteiger partial charge in [-0.3, -0.25) is 9.59 Å². The van der Waals surface area contributed by atoms with Gasteiger partial charge in [-0.25, -0.2) is 4.39 Å². The molecule has 1 unspecified atom stereocenters. The molecule has 180 valence electrons. The Hall–Kier alpha value is -4.13. The minimum atomic E-state index is -0.892. The number of hydrogen-bond donors (Lipinski definition) is 2. The average molecular weight is 476 g/mol. The minimum absolute atomic E-state index is 0.0301. The molecular weight excluding hydrogens is 449 g/mol. The molecule has 0 aliphatic carbocycles. The van der Waals surface area contributed by atoms with E-state index in [2.05, 4.69) is 0 Å². The van der Waals surface area contributed by atoms with E-state index in [4.69, 9.17) is 4.74 Å². The van der Waals surface area contributed by atoms with Gasteiger partial charge in [-0.05, 0) is 72.5 Å². The molecule has 4 rings (SSSR count). The van der Waals surface area contributed by atoms with Crippen molar-refractivity contribution in [1.82, 2.24) is 4.90 Å². The van der Waals surface area contributed by atoms with Gasteiger partial charge < -0.3 is 19.8 Å². The highest BCUT2D eigenvalue weighted by molar-refractivity contribution is 6.46. The fourth-order valence-electron chi connectivity index (χ4n) is 4.16. The van der Waals surface area contributed by atoms with E-state index in [1.54, 1.807) is 42.5 Å². The van der Waals surface area contributed by atoms with Gasteiger partial charge in [-0.2, -0.15) is 0 Å². The van der Waals surface area contributed by atoms with Crippen LogP contribution in [0.5, 0.6) is 11.5 Å². The maximum Gasteiger partial charge on any atom is 0.295 e. The van der Waals surface area contributed by atoms with Crippen LogP contribution in [0.1, 0.15) is 41.6 Å². The van der Waals surface area contributed by atoms with Crippen molar-refractivity contribution < 1.29 is 28.9 Å². The zero-order chi connectivity index (χ0) is 25.1. The van der Waals surface area contributed by atoms with Crippen molar-refractivity contribution in [3.05, 3.63) is 100 Å². The minimum Gasteiger partial charge on any atom is -0.508 e. The number of carbonyl (C=O) groups excluding carboxylic acids is 2. The van der Waals surface area contributed by atoms with Crippen LogP contribution >= 0.6 is 0 Å². The molecule has 1 aliphatic rings. The molecule has 0 spiro atoms. The molecule has 0 bridgehead atoms. The second-order valence-corrected chi connectivity index (χ2v) is 8.47. The number of Topliss-reactive ketones (excluding diaryl/α,β-unsaturated/α-hetero) is 1.